The van der Waals surface area contributed by atoms with Gasteiger partial charge in [-0.05, 0) is 18.2 Å². The lowest BCUT2D eigenvalue weighted by molar-refractivity contribution is 0.0720. The lowest BCUT2D eigenvalue weighted by Gasteiger charge is -2.07. The number of hydrogen-bond acceptors (Lipinski definition) is 3. The van der Waals surface area contributed by atoms with Crippen molar-refractivity contribution in [1.29, 1.82) is 0 Å². The van der Waals surface area contributed by atoms with Gasteiger partial charge in [0.2, 0.25) is 17.7 Å². The molecule has 0 bridgehead atoms. The van der Waals surface area contributed by atoms with Crippen LogP contribution < -0.4 is 4.74 Å². The highest BCUT2D eigenvalue weighted by Crippen LogP contribution is 2.32. The fourth-order valence-corrected chi connectivity index (χ4v) is 2.22. The minimum atomic E-state index is -1.10. The van der Waals surface area contributed by atoms with Gasteiger partial charge in [0.25, 0.3) is 0 Å². The molecule has 19 heavy (non-hydrogen) atoms. The second-order valence-electron chi connectivity index (χ2n) is 4.23. The molecule has 1 aliphatic heterocycles. The summed E-state index contributed by atoms with van der Waals surface area (Å²) in [5, 5.41) is 0.448. The molecule has 3 nitrogen and oxygen atoms in total. The molecule has 2 aromatic carbocycles. The third kappa shape index (κ3) is 2.02. The first-order valence-electron chi connectivity index (χ1n) is 5.76. The molecule has 0 N–H and O–H groups in total. The van der Waals surface area contributed by atoms with Crippen LogP contribution in [-0.4, -0.2) is 17.7 Å². The molecule has 0 saturated heterocycles. The van der Waals surface area contributed by atoms with Crippen molar-refractivity contribution in [3.63, 3.8) is 0 Å². The summed E-state index contributed by atoms with van der Waals surface area (Å²) in [5.74, 6) is -0.270. The predicted octanol–water partition coefficient (Wildman–Crippen LogP) is 3.17. The summed E-state index contributed by atoms with van der Waals surface area (Å²) >= 11 is 5.84. The Kier molecular flexibility index (Phi) is 2.84. The third-order valence-corrected chi connectivity index (χ3v) is 3.22. The second kappa shape index (κ2) is 4.52. The largest absolute Gasteiger partial charge is 0.473 e. The van der Waals surface area contributed by atoms with Crippen LogP contribution in [0.15, 0.2) is 48.5 Å². The first-order chi connectivity index (χ1) is 9.16. The molecule has 0 spiro atoms. The molecule has 3 rings (SSSR count). The zero-order valence-electron chi connectivity index (χ0n) is 9.80. The molecule has 0 aromatic heterocycles. The molecule has 4 heteroatoms. The van der Waals surface area contributed by atoms with Gasteiger partial charge < -0.3 is 4.74 Å². The van der Waals surface area contributed by atoms with Crippen molar-refractivity contribution in [2.75, 3.05) is 0 Å². The van der Waals surface area contributed by atoms with E-state index in [1.165, 1.54) is 6.07 Å². The SMILES string of the molecule is O=C(c1ccccc1)C1Oc2ccc(Cl)cc2C1=O. The van der Waals surface area contributed by atoms with E-state index in [9.17, 15) is 9.59 Å². The number of carbonyl (C=O) groups is 2. The van der Waals surface area contributed by atoms with Crippen LogP contribution in [0, 0.1) is 0 Å². The van der Waals surface area contributed by atoms with Crippen LogP contribution in [-0.2, 0) is 0 Å². The summed E-state index contributed by atoms with van der Waals surface area (Å²) in [7, 11) is 0. The van der Waals surface area contributed by atoms with E-state index in [0.29, 0.717) is 21.9 Å². The number of hydrogen-bond donors (Lipinski definition) is 0. The quantitative estimate of drug-likeness (QED) is 0.623. The van der Waals surface area contributed by atoms with Crippen LogP contribution in [0.1, 0.15) is 20.7 Å². The molecule has 0 aliphatic carbocycles. The van der Waals surface area contributed by atoms with Crippen molar-refractivity contribution >= 4 is 23.2 Å². The third-order valence-electron chi connectivity index (χ3n) is 2.99. The van der Waals surface area contributed by atoms with E-state index in [4.69, 9.17) is 16.3 Å². The van der Waals surface area contributed by atoms with Crippen molar-refractivity contribution in [1.82, 2.24) is 0 Å². The van der Waals surface area contributed by atoms with Gasteiger partial charge in [0.05, 0.1) is 5.56 Å². The van der Waals surface area contributed by atoms with Crippen LogP contribution in [0.25, 0.3) is 0 Å². The lowest BCUT2D eigenvalue weighted by atomic mass is 10.0. The Balaban J connectivity index is 1.94. The predicted molar refractivity (Wildman–Crippen MR) is 71.0 cm³/mol. The maximum absolute atomic E-state index is 12.2. The van der Waals surface area contributed by atoms with E-state index >= 15 is 0 Å². The first kappa shape index (κ1) is 11.9. The van der Waals surface area contributed by atoms with E-state index < -0.39 is 6.10 Å². The van der Waals surface area contributed by atoms with Crippen LogP contribution >= 0.6 is 11.6 Å². The maximum atomic E-state index is 12.2. The molecule has 0 amide bonds. The van der Waals surface area contributed by atoms with Gasteiger partial charge >= 0.3 is 0 Å². The fourth-order valence-electron chi connectivity index (χ4n) is 2.05. The number of ketones is 2. The van der Waals surface area contributed by atoms with E-state index in [1.54, 1.807) is 36.4 Å². The highest BCUT2D eigenvalue weighted by atomic mass is 35.5. The van der Waals surface area contributed by atoms with Gasteiger partial charge in [0.15, 0.2) is 0 Å². The van der Waals surface area contributed by atoms with Gasteiger partial charge in [-0.2, -0.15) is 0 Å². The summed E-state index contributed by atoms with van der Waals surface area (Å²) in [4.78, 5) is 24.4. The van der Waals surface area contributed by atoms with Crippen LogP contribution in [0.3, 0.4) is 0 Å². The standard InChI is InChI=1S/C15H9ClO3/c16-10-6-7-12-11(8-10)14(18)15(19-12)13(17)9-4-2-1-3-5-9/h1-8,15H. The molecule has 94 valence electrons. The van der Waals surface area contributed by atoms with E-state index in [-0.39, 0.29) is 11.6 Å². The van der Waals surface area contributed by atoms with Gasteiger partial charge in [0.1, 0.15) is 5.75 Å². The van der Waals surface area contributed by atoms with Gasteiger partial charge in [0, 0.05) is 10.6 Å². The molecule has 0 fully saturated rings. The van der Waals surface area contributed by atoms with E-state index in [0.717, 1.165) is 0 Å². The van der Waals surface area contributed by atoms with Crippen LogP contribution in [0.4, 0.5) is 0 Å². The van der Waals surface area contributed by atoms with Crippen molar-refractivity contribution < 1.29 is 14.3 Å². The highest BCUT2D eigenvalue weighted by Gasteiger charge is 2.38. The molecule has 0 radical (unpaired) electrons. The lowest BCUT2D eigenvalue weighted by Crippen LogP contribution is -2.30. The number of halogens is 1. The molecular weight excluding hydrogens is 264 g/mol. The molecule has 1 heterocycles. The number of fused-ring (bicyclic) bond motifs is 1. The minimum Gasteiger partial charge on any atom is -0.473 e. The van der Waals surface area contributed by atoms with Crippen LogP contribution in [0.5, 0.6) is 5.75 Å². The Morgan fingerprint density at radius 2 is 1.84 bits per heavy atom. The Hall–Kier alpha value is -2.13. The van der Waals surface area contributed by atoms with Crippen LogP contribution in [0.2, 0.25) is 5.02 Å². The van der Waals surface area contributed by atoms with Gasteiger partial charge in [-0.3, -0.25) is 9.59 Å². The normalized spacial score (nSPS) is 16.9. The molecule has 2 aromatic rings. The number of rotatable bonds is 2. The minimum absolute atomic E-state index is 0.335. The van der Waals surface area contributed by atoms with E-state index in [1.807, 2.05) is 6.07 Å². The average Bonchev–Trinajstić information content (AvgIpc) is 2.76. The Morgan fingerprint density at radius 1 is 1.11 bits per heavy atom. The van der Waals surface area contributed by atoms with Gasteiger partial charge in [-0.15, -0.1) is 0 Å². The summed E-state index contributed by atoms with van der Waals surface area (Å²) in [6, 6.07) is 13.4. The zero-order chi connectivity index (χ0) is 13.4. The van der Waals surface area contributed by atoms with Gasteiger partial charge in [-0.1, -0.05) is 41.9 Å². The van der Waals surface area contributed by atoms with Crippen molar-refractivity contribution in [2.24, 2.45) is 0 Å². The summed E-state index contributed by atoms with van der Waals surface area (Å²) in [6.45, 7) is 0. The summed E-state index contributed by atoms with van der Waals surface area (Å²) in [5.41, 5.74) is 0.821. The molecule has 1 atom stereocenters. The van der Waals surface area contributed by atoms with Crippen molar-refractivity contribution in [2.45, 2.75) is 6.10 Å². The number of benzene rings is 2. The molecule has 0 saturated carbocycles. The Morgan fingerprint density at radius 3 is 2.58 bits per heavy atom. The summed E-state index contributed by atoms with van der Waals surface area (Å²) in [6.07, 6.45) is -1.10. The van der Waals surface area contributed by atoms with Gasteiger partial charge in [-0.25, -0.2) is 0 Å². The average molecular weight is 273 g/mol. The number of Topliss-reactive ketones (excluding diaryl/α,β-unsaturated/α-hetero) is 2. The highest BCUT2D eigenvalue weighted by molar-refractivity contribution is 6.31. The molecule has 1 unspecified atom stereocenters. The monoisotopic (exact) mass is 272 g/mol. The smallest absolute Gasteiger partial charge is 0.224 e. The van der Waals surface area contributed by atoms with Crippen molar-refractivity contribution in [3.8, 4) is 5.75 Å². The van der Waals surface area contributed by atoms with E-state index in [2.05, 4.69) is 0 Å². The molecule has 1 aliphatic rings. The number of ether oxygens (including phenoxy) is 1. The first-order valence-corrected chi connectivity index (χ1v) is 6.14. The Bertz CT molecular complexity index is 664. The van der Waals surface area contributed by atoms with Crippen molar-refractivity contribution in [3.05, 3.63) is 64.7 Å². The topological polar surface area (TPSA) is 43.4 Å². The Labute approximate surface area is 114 Å². The second-order valence-corrected chi connectivity index (χ2v) is 4.67. The number of carbonyl (C=O) groups excluding carboxylic acids is 2. The zero-order valence-corrected chi connectivity index (χ0v) is 10.6. The maximum Gasteiger partial charge on any atom is 0.224 e. The fraction of sp³-hybridized carbons (Fsp3) is 0.0667. The molecular formula is C15H9ClO3. The summed E-state index contributed by atoms with van der Waals surface area (Å²) < 4.78 is 5.43.